The number of β-amino-alcohol motifs (C(OH)–C–C–N with tert-alkyl or cyclic N) is 1. The highest BCUT2D eigenvalue weighted by Gasteiger charge is 2.23. The predicted octanol–water partition coefficient (Wildman–Crippen LogP) is 1.77. The van der Waals surface area contributed by atoms with Crippen LogP contribution in [-0.4, -0.2) is 57.1 Å². The van der Waals surface area contributed by atoms with Gasteiger partial charge in [0.1, 0.15) is 5.82 Å². The topological polar surface area (TPSA) is 66.2 Å². The Labute approximate surface area is 155 Å². The minimum absolute atomic E-state index is 0.217. The lowest BCUT2D eigenvalue weighted by Gasteiger charge is -2.29. The number of hydrogen-bond acceptors (Lipinski definition) is 5. The van der Waals surface area contributed by atoms with Gasteiger partial charge < -0.3 is 10.4 Å². The second-order valence-electron chi connectivity index (χ2n) is 7.63. The summed E-state index contributed by atoms with van der Waals surface area (Å²) in [5, 5.41) is 22.5. The summed E-state index contributed by atoms with van der Waals surface area (Å²) in [6.07, 6.45) is 5.12. The van der Waals surface area contributed by atoms with Gasteiger partial charge in [0.2, 0.25) is 0 Å². The highest BCUT2D eigenvalue weighted by molar-refractivity contribution is 5.34. The summed E-state index contributed by atoms with van der Waals surface area (Å²) in [7, 11) is 0. The molecule has 2 N–H and O–H groups in total. The van der Waals surface area contributed by atoms with Crippen LogP contribution in [0.3, 0.4) is 0 Å². The first kappa shape index (κ1) is 17.6. The maximum Gasteiger partial charge on any atom is 0.151 e. The van der Waals surface area contributed by atoms with Crippen molar-refractivity contribution in [1.29, 1.82) is 0 Å². The Morgan fingerprint density at radius 2 is 1.81 bits per heavy atom. The number of aromatic nitrogens is 3. The number of benzene rings is 1. The van der Waals surface area contributed by atoms with E-state index >= 15 is 0 Å². The van der Waals surface area contributed by atoms with E-state index < -0.39 is 0 Å². The third kappa shape index (κ3) is 4.14. The lowest BCUT2D eigenvalue weighted by atomic mass is 9.94. The monoisotopic (exact) mass is 355 g/mol. The molecule has 0 unspecified atom stereocenters. The van der Waals surface area contributed by atoms with E-state index in [0.29, 0.717) is 5.92 Å². The summed E-state index contributed by atoms with van der Waals surface area (Å²) in [6.45, 7) is 4.68. The van der Waals surface area contributed by atoms with E-state index in [1.807, 2.05) is 6.07 Å². The molecule has 0 amide bonds. The molecule has 0 saturated carbocycles. The van der Waals surface area contributed by atoms with Crippen LogP contribution in [0.5, 0.6) is 0 Å². The fourth-order valence-electron chi connectivity index (χ4n) is 4.18. The molecule has 4 rings (SSSR count). The van der Waals surface area contributed by atoms with Gasteiger partial charge in [0, 0.05) is 18.7 Å². The zero-order valence-corrected chi connectivity index (χ0v) is 15.3. The SMILES string of the molecule is O[C@@H]1CCCN(Cc2nnc(CC3CCNCC3)n2-c2ccccc2)C1. The lowest BCUT2D eigenvalue weighted by molar-refractivity contribution is 0.0652. The highest BCUT2D eigenvalue weighted by Crippen LogP contribution is 2.22. The first-order valence-electron chi connectivity index (χ1n) is 9.89. The molecule has 1 aromatic heterocycles. The van der Waals surface area contributed by atoms with Crippen molar-refractivity contribution >= 4 is 0 Å². The van der Waals surface area contributed by atoms with Crippen LogP contribution in [0.25, 0.3) is 5.69 Å². The third-order valence-corrected chi connectivity index (χ3v) is 5.59. The zero-order valence-electron chi connectivity index (χ0n) is 15.3. The molecule has 6 nitrogen and oxygen atoms in total. The number of nitrogens with one attached hydrogen (secondary N) is 1. The van der Waals surface area contributed by atoms with E-state index in [0.717, 1.165) is 69.3 Å². The molecule has 0 aliphatic carbocycles. The van der Waals surface area contributed by atoms with Gasteiger partial charge in [-0.3, -0.25) is 9.47 Å². The van der Waals surface area contributed by atoms with Gasteiger partial charge in [0.15, 0.2) is 5.82 Å². The minimum atomic E-state index is -0.217. The van der Waals surface area contributed by atoms with Gasteiger partial charge >= 0.3 is 0 Å². The fourth-order valence-corrected chi connectivity index (χ4v) is 4.18. The number of likely N-dealkylation sites (tertiary alicyclic amines) is 1. The van der Waals surface area contributed by atoms with Gasteiger partial charge in [-0.15, -0.1) is 10.2 Å². The molecule has 26 heavy (non-hydrogen) atoms. The normalized spacial score (nSPS) is 22.6. The summed E-state index contributed by atoms with van der Waals surface area (Å²) in [6, 6.07) is 10.4. The Kier molecular flexibility index (Phi) is 5.62. The number of aliphatic hydroxyl groups excluding tert-OH is 1. The molecular formula is C20H29N5O. The standard InChI is InChI=1S/C20H29N5O/c26-18-7-4-12-24(14-18)15-20-23-22-19(13-16-8-10-21-11-9-16)25(20)17-5-2-1-3-6-17/h1-3,5-6,16,18,21,26H,4,7-15H2/t18-/m1/s1. The quantitative estimate of drug-likeness (QED) is 0.856. The second-order valence-corrected chi connectivity index (χ2v) is 7.63. The van der Waals surface area contributed by atoms with Gasteiger partial charge in [0.25, 0.3) is 0 Å². The minimum Gasteiger partial charge on any atom is -0.392 e. The number of aliphatic hydroxyl groups is 1. The van der Waals surface area contributed by atoms with Crippen molar-refractivity contribution in [3.8, 4) is 5.69 Å². The molecule has 140 valence electrons. The Bertz CT molecular complexity index is 695. The summed E-state index contributed by atoms with van der Waals surface area (Å²) in [5.74, 6) is 2.72. The number of nitrogens with zero attached hydrogens (tertiary/aromatic N) is 4. The molecule has 2 aliphatic heterocycles. The number of rotatable bonds is 5. The smallest absolute Gasteiger partial charge is 0.151 e. The van der Waals surface area contributed by atoms with Gasteiger partial charge in [0.05, 0.1) is 12.6 Å². The molecule has 2 fully saturated rings. The van der Waals surface area contributed by atoms with Crippen LogP contribution >= 0.6 is 0 Å². The molecule has 0 bridgehead atoms. The van der Waals surface area contributed by atoms with Crippen molar-refractivity contribution in [3.63, 3.8) is 0 Å². The summed E-state index contributed by atoms with van der Waals surface area (Å²) in [4.78, 5) is 2.30. The van der Waals surface area contributed by atoms with Crippen LogP contribution in [-0.2, 0) is 13.0 Å². The molecule has 1 aromatic carbocycles. The van der Waals surface area contributed by atoms with E-state index in [9.17, 15) is 5.11 Å². The van der Waals surface area contributed by atoms with E-state index in [1.165, 1.54) is 12.8 Å². The second kappa shape index (κ2) is 8.29. The summed E-state index contributed by atoms with van der Waals surface area (Å²) < 4.78 is 2.24. The molecule has 3 heterocycles. The average Bonchev–Trinajstić information content (AvgIpc) is 3.05. The van der Waals surface area contributed by atoms with Crippen LogP contribution < -0.4 is 5.32 Å². The Balaban J connectivity index is 1.58. The maximum absolute atomic E-state index is 9.98. The van der Waals surface area contributed by atoms with Crippen LogP contribution in [0.4, 0.5) is 0 Å². The van der Waals surface area contributed by atoms with Crippen LogP contribution in [0.15, 0.2) is 30.3 Å². The average molecular weight is 355 g/mol. The summed E-state index contributed by atoms with van der Waals surface area (Å²) in [5.41, 5.74) is 1.13. The fraction of sp³-hybridized carbons (Fsp3) is 0.600. The first-order chi connectivity index (χ1) is 12.8. The Hall–Kier alpha value is -1.76. The van der Waals surface area contributed by atoms with Gasteiger partial charge in [-0.2, -0.15) is 0 Å². The van der Waals surface area contributed by atoms with Gasteiger partial charge in [-0.05, 0) is 63.4 Å². The van der Waals surface area contributed by atoms with E-state index in [2.05, 4.69) is 49.2 Å². The summed E-state index contributed by atoms with van der Waals surface area (Å²) >= 11 is 0. The van der Waals surface area contributed by atoms with E-state index in [4.69, 9.17) is 0 Å². The molecule has 1 atom stereocenters. The number of piperidine rings is 2. The van der Waals surface area contributed by atoms with Crippen molar-refractivity contribution in [2.45, 2.75) is 44.8 Å². The van der Waals surface area contributed by atoms with Crippen LogP contribution in [0.2, 0.25) is 0 Å². The van der Waals surface area contributed by atoms with Gasteiger partial charge in [-0.25, -0.2) is 0 Å². The highest BCUT2D eigenvalue weighted by atomic mass is 16.3. The maximum atomic E-state index is 9.98. The molecule has 2 aliphatic rings. The van der Waals surface area contributed by atoms with Crippen molar-refractivity contribution in [1.82, 2.24) is 25.0 Å². The Morgan fingerprint density at radius 3 is 2.58 bits per heavy atom. The molecule has 6 heteroatoms. The third-order valence-electron chi connectivity index (χ3n) is 5.59. The largest absolute Gasteiger partial charge is 0.392 e. The molecule has 2 aromatic rings. The van der Waals surface area contributed by atoms with E-state index in [1.54, 1.807) is 0 Å². The molecule has 2 saturated heterocycles. The van der Waals surface area contributed by atoms with Crippen LogP contribution in [0.1, 0.15) is 37.3 Å². The number of para-hydroxylation sites is 1. The van der Waals surface area contributed by atoms with Crippen molar-refractivity contribution in [2.24, 2.45) is 5.92 Å². The van der Waals surface area contributed by atoms with Crippen molar-refractivity contribution in [3.05, 3.63) is 42.0 Å². The molecular weight excluding hydrogens is 326 g/mol. The van der Waals surface area contributed by atoms with Crippen molar-refractivity contribution < 1.29 is 5.11 Å². The van der Waals surface area contributed by atoms with Crippen molar-refractivity contribution in [2.75, 3.05) is 26.2 Å². The lowest BCUT2D eigenvalue weighted by Crippen LogP contribution is -2.38. The molecule has 0 spiro atoms. The predicted molar refractivity (Wildman–Crippen MR) is 101 cm³/mol. The Morgan fingerprint density at radius 1 is 1.04 bits per heavy atom. The first-order valence-corrected chi connectivity index (χ1v) is 9.89. The van der Waals surface area contributed by atoms with E-state index in [-0.39, 0.29) is 6.10 Å². The molecule has 0 radical (unpaired) electrons. The van der Waals surface area contributed by atoms with Gasteiger partial charge in [-0.1, -0.05) is 18.2 Å². The zero-order chi connectivity index (χ0) is 17.8. The van der Waals surface area contributed by atoms with Crippen LogP contribution in [0, 0.1) is 5.92 Å². The number of hydrogen-bond donors (Lipinski definition) is 2.